The van der Waals surface area contributed by atoms with Crippen LogP contribution in [0.5, 0.6) is 5.75 Å². The maximum Gasteiger partial charge on any atom is 0.222 e. The monoisotopic (exact) mass is 321 g/mol. The Bertz CT molecular complexity index is 455. The Kier molecular flexibility index (Phi) is 7.90. The summed E-state index contributed by atoms with van der Waals surface area (Å²) in [6.07, 6.45) is 3.75. The fourth-order valence-electron chi connectivity index (χ4n) is 2.37. The van der Waals surface area contributed by atoms with E-state index in [4.69, 9.17) is 14.2 Å². The van der Waals surface area contributed by atoms with Crippen LogP contribution < -0.4 is 10.1 Å². The Labute approximate surface area is 138 Å². The molecule has 0 spiro atoms. The molecule has 1 aliphatic rings. The number of hydrogen-bond donors (Lipinski definition) is 1. The number of hydrogen-bond acceptors (Lipinski definition) is 4. The molecule has 2 rings (SSSR count). The molecule has 0 radical (unpaired) electrons. The number of ether oxygens (including phenoxy) is 3. The molecule has 0 bridgehead atoms. The number of carbonyl (C=O) groups is 1. The largest absolute Gasteiger partial charge is 0.494 e. The first-order valence-corrected chi connectivity index (χ1v) is 8.45. The van der Waals surface area contributed by atoms with Crippen LogP contribution in [0.25, 0.3) is 0 Å². The Morgan fingerprint density at radius 2 is 2.13 bits per heavy atom. The van der Waals surface area contributed by atoms with Crippen molar-refractivity contribution in [2.75, 3.05) is 26.4 Å². The van der Waals surface area contributed by atoms with Crippen molar-refractivity contribution in [3.8, 4) is 5.75 Å². The summed E-state index contributed by atoms with van der Waals surface area (Å²) < 4.78 is 16.5. The Morgan fingerprint density at radius 1 is 1.30 bits per heavy atom. The highest BCUT2D eigenvalue weighted by molar-refractivity contribution is 5.75. The van der Waals surface area contributed by atoms with E-state index in [-0.39, 0.29) is 12.0 Å². The van der Waals surface area contributed by atoms with Crippen LogP contribution >= 0.6 is 0 Å². The van der Waals surface area contributed by atoms with Gasteiger partial charge in [-0.05, 0) is 37.0 Å². The van der Waals surface area contributed by atoms with Crippen LogP contribution in [0, 0.1) is 0 Å². The molecule has 1 aromatic rings. The molecule has 5 heteroatoms. The van der Waals surface area contributed by atoms with Crippen molar-refractivity contribution in [1.82, 2.24) is 5.32 Å². The number of rotatable bonds is 10. The minimum atomic E-state index is 0.00338. The molecular formula is C18H27NO4. The smallest absolute Gasteiger partial charge is 0.222 e. The van der Waals surface area contributed by atoms with Gasteiger partial charge in [-0.1, -0.05) is 19.1 Å². The lowest BCUT2D eigenvalue weighted by molar-refractivity contribution is -0.122. The summed E-state index contributed by atoms with van der Waals surface area (Å²) in [6, 6.07) is 7.81. The molecule has 1 unspecified atom stereocenters. The molecule has 0 saturated carbocycles. The summed E-state index contributed by atoms with van der Waals surface area (Å²) in [5.41, 5.74) is 1.06. The van der Waals surface area contributed by atoms with Gasteiger partial charge in [0.25, 0.3) is 0 Å². The van der Waals surface area contributed by atoms with Crippen molar-refractivity contribution in [2.45, 2.75) is 45.3 Å². The van der Waals surface area contributed by atoms with Gasteiger partial charge in [-0.25, -0.2) is 0 Å². The molecule has 1 atom stereocenters. The van der Waals surface area contributed by atoms with E-state index >= 15 is 0 Å². The van der Waals surface area contributed by atoms with E-state index in [0.717, 1.165) is 43.8 Å². The van der Waals surface area contributed by atoms with Gasteiger partial charge in [0, 0.05) is 19.6 Å². The summed E-state index contributed by atoms with van der Waals surface area (Å²) in [7, 11) is 0. The molecule has 1 aromatic carbocycles. The highest BCUT2D eigenvalue weighted by atomic mass is 16.5. The zero-order valence-electron chi connectivity index (χ0n) is 13.9. The standard InChI is InChI=1S/C18H27NO4/c1-2-10-22-16-7-5-15(6-8-16)13-19-18(20)9-12-21-14-17-4-3-11-23-17/h5-8,17H,2-4,9-14H2,1H3,(H,19,20). The van der Waals surface area contributed by atoms with Gasteiger partial charge in [0.15, 0.2) is 0 Å². The van der Waals surface area contributed by atoms with E-state index in [1.165, 1.54) is 0 Å². The highest BCUT2D eigenvalue weighted by Gasteiger charge is 2.15. The second-order valence-corrected chi connectivity index (χ2v) is 5.73. The zero-order chi connectivity index (χ0) is 16.3. The van der Waals surface area contributed by atoms with E-state index in [1.807, 2.05) is 24.3 Å². The van der Waals surface area contributed by atoms with E-state index in [0.29, 0.717) is 26.2 Å². The maximum absolute atomic E-state index is 11.8. The molecule has 0 aliphatic carbocycles. The van der Waals surface area contributed by atoms with Crippen LogP contribution in [0.1, 0.15) is 38.2 Å². The van der Waals surface area contributed by atoms with Crippen LogP contribution in [0.4, 0.5) is 0 Å². The molecule has 1 aliphatic heterocycles. The minimum Gasteiger partial charge on any atom is -0.494 e. The molecule has 1 heterocycles. The van der Waals surface area contributed by atoms with Crippen molar-refractivity contribution in [2.24, 2.45) is 0 Å². The molecule has 1 N–H and O–H groups in total. The SMILES string of the molecule is CCCOc1ccc(CNC(=O)CCOCC2CCCO2)cc1. The Hall–Kier alpha value is -1.59. The lowest BCUT2D eigenvalue weighted by atomic mass is 10.2. The first-order valence-electron chi connectivity index (χ1n) is 8.45. The lowest BCUT2D eigenvalue weighted by Gasteiger charge is -2.10. The van der Waals surface area contributed by atoms with Crippen molar-refractivity contribution >= 4 is 5.91 Å². The molecule has 1 amide bonds. The highest BCUT2D eigenvalue weighted by Crippen LogP contribution is 2.13. The molecule has 1 fully saturated rings. The van der Waals surface area contributed by atoms with Crippen molar-refractivity contribution < 1.29 is 19.0 Å². The van der Waals surface area contributed by atoms with Crippen molar-refractivity contribution in [3.05, 3.63) is 29.8 Å². The van der Waals surface area contributed by atoms with Crippen LogP contribution in [-0.2, 0) is 20.8 Å². The second kappa shape index (κ2) is 10.2. The first-order chi connectivity index (χ1) is 11.3. The third-order valence-electron chi connectivity index (χ3n) is 3.69. The molecule has 5 nitrogen and oxygen atoms in total. The molecule has 128 valence electrons. The van der Waals surface area contributed by atoms with Gasteiger partial charge < -0.3 is 19.5 Å². The lowest BCUT2D eigenvalue weighted by Crippen LogP contribution is -2.24. The first kappa shape index (κ1) is 17.8. The van der Waals surface area contributed by atoms with Gasteiger partial charge in [-0.2, -0.15) is 0 Å². The summed E-state index contributed by atoms with van der Waals surface area (Å²) in [4.78, 5) is 11.8. The minimum absolute atomic E-state index is 0.00338. The van der Waals surface area contributed by atoms with Crippen LogP contribution in [0.15, 0.2) is 24.3 Å². The molecule has 0 aromatic heterocycles. The predicted molar refractivity (Wildman–Crippen MR) is 88.5 cm³/mol. The van der Waals surface area contributed by atoms with E-state index in [9.17, 15) is 4.79 Å². The quantitative estimate of drug-likeness (QED) is 0.673. The molecular weight excluding hydrogens is 294 g/mol. The van der Waals surface area contributed by atoms with Crippen molar-refractivity contribution in [3.63, 3.8) is 0 Å². The Morgan fingerprint density at radius 3 is 2.83 bits per heavy atom. The van der Waals surface area contributed by atoms with E-state index in [2.05, 4.69) is 12.2 Å². The molecule has 23 heavy (non-hydrogen) atoms. The molecule has 1 saturated heterocycles. The van der Waals surface area contributed by atoms with Crippen LogP contribution in [0.3, 0.4) is 0 Å². The van der Waals surface area contributed by atoms with Gasteiger partial charge in [-0.3, -0.25) is 4.79 Å². The van der Waals surface area contributed by atoms with Gasteiger partial charge in [0.05, 0.1) is 25.9 Å². The average molecular weight is 321 g/mol. The van der Waals surface area contributed by atoms with Gasteiger partial charge in [-0.15, -0.1) is 0 Å². The predicted octanol–water partition coefficient (Wildman–Crippen LogP) is 2.68. The van der Waals surface area contributed by atoms with Crippen LogP contribution in [0.2, 0.25) is 0 Å². The van der Waals surface area contributed by atoms with Gasteiger partial charge >= 0.3 is 0 Å². The number of benzene rings is 1. The maximum atomic E-state index is 11.8. The normalized spacial score (nSPS) is 17.2. The topological polar surface area (TPSA) is 56.8 Å². The Balaban J connectivity index is 1.56. The summed E-state index contributed by atoms with van der Waals surface area (Å²) in [5.74, 6) is 0.869. The third kappa shape index (κ3) is 7.01. The van der Waals surface area contributed by atoms with Gasteiger partial charge in [0.2, 0.25) is 5.91 Å². The fraction of sp³-hybridized carbons (Fsp3) is 0.611. The van der Waals surface area contributed by atoms with Crippen molar-refractivity contribution in [1.29, 1.82) is 0 Å². The van der Waals surface area contributed by atoms with E-state index in [1.54, 1.807) is 0 Å². The van der Waals surface area contributed by atoms with E-state index < -0.39 is 0 Å². The summed E-state index contributed by atoms with van der Waals surface area (Å²) in [6.45, 7) is 5.19. The summed E-state index contributed by atoms with van der Waals surface area (Å²) in [5, 5.41) is 2.90. The average Bonchev–Trinajstić information content (AvgIpc) is 3.09. The third-order valence-corrected chi connectivity index (χ3v) is 3.69. The number of nitrogens with one attached hydrogen (secondary N) is 1. The fourth-order valence-corrected chi connectivity index (χ4v) is 2.37. The number of carbonyl (C=O) groups excluding carboxylic acids is 1. The zero-order valence-corrected chi connectivity index (χ0v) is 13.9. The van der Waals surface area contributed by atoms with Gasteiger partial charge in [0.1, 0.15) is 5.75 Å². The summed E-state index contributed by atoms with van der Waals surface area (Å²) >= 11 is 0. The van der Waals surface area contributed by atoms with Crippen LogP contribution in [-0.4, -0.2) is 38.4 Å². The number of amides is 1. The second-order valence-electron chi connectivity index (χ2n) is 5.73.